The fraction of sp³-hybridized carbons (Fsp3) is 0.385. The van der Waals surface area contributed by atoms with Gasteiger partial charge in [-0.1, -0.05) is 0 Å². The molecule has 1 unspecified atom stereocenters. The zero-order chi connectivity index (χ0) is 13.4. The molecule has 18 heavy (non-hydrogen) atoms. The quantitative estimate of drug-likeness (QED) is 0.839. The molecular formula is C13H16N2O3. The summed E-state index contributed by atoms with van der Waals surface area (Å²) in [4.78, 5) is 24.8. The van der Waals surface area contributed by atoms with Crippen LogP contribution in [-0.4, -0.2) is 29.1 Å². The van der Waals surface area contributed by atoms with E-state index in [1.165, 1.54) is 6.07 Å². The minimum absolute atomic E-state index is 0.0701. The Bertz CT molecular complexity index is 511. The number of carbonyl (C=O) groups excluding carboxylic acids is 1. The van der Waals surface area contributed by atoms with Crippen LogP contribution in [0.5, 0.6) is 0 Å². The first kappa shape index (κ1) is 12.4. The summed E-state index contributed by atoms with van der Waals surface area (Å²) in [6.07, 6.45) is 0. The van der Waals surface area contributed by atoms with Crippen LogP contribution in [0.3, 0.4) is 0 Å². The Balaban J connectivity index is 2.55. The lowest BCUT2D eigenvalue weighted by Gasteiger charge is -2.39. The first-order valence-electron chi connectivity index (χ1n) is 5.88. The van der Waals surface area contributed by atoms with Crippen molar-refractivity contribution in [3.63, 3.8) is 0 Å². The van der Waals surface area contributed by atoms with Crippen molar-refractivity contribution in [2.45, 2.75) is 32.9 Å². The number of aromatic carboxylic acids is 1. The van der Waals surface area contributed by atoms with E-state index in [4.69, 9.17) is 5.11 Å². The minimum Gasteiger partial charge on any atom is -0.478 e. The number of carboxylic acid groups (broad SMARTS) is 1. The van der Waals surface area contributed by atoms with Crippen molar-refractivity contribution < 1.29 is 14.7 Å². The molecule has 0 aliphatic carbocycles. The smallest absolute Gasteiger partial charge is 0.335 e. The number of rotatable bonds is 2. The Kier molecular flexibility index (Phi) is 2.98. The molecule has 5 nitrogen and oxygen atoms in total. The number of anilines is 2. The van der Waals surface area contributed by atoms with Crippen LogP contribution >= 0.6 is 0 Å². The van der Waals surface area contributed by atoms with Gasteiger partial charge in [0.25, 0.3) is 0 Å². The second-order valence-electron chi connectivity index (χ2n) is 4.70. The molecule has 2 rings (SSSR count). The van der Waals surface area contributed by atoms with Crippen molar-refractivity contribution in [1.82, 2.24) is 0 Å². The zero-order valence-electron chi connectivity index (χ0n) is 10.6. The van der Waals surface area contributed by atoms with Crippen molar-refractivity contribution in [3.8, 4) is 0 Å². The van der Waals surface area contributed by atoms with Crippen molar-refractivity contribution in [2.24, 2.45) is 0 Å². The third-order valence-corrected chi connectivity index (χ3v) is 3.13. The maximum atomic E-state index is 11.8. The number of nitrogens with zero attached hydrogens (tertiary/aromatic N) is 1. The second kappa shape index (κ2) is 4.33. The molecule has 5 heteroatoms. The van der Waals surface area contributed by atoms with Gasteiger partial charge in [-0.3, -0.25) is 4.79 Å². The lowest BCUT2D eigenvalue weighted by molar-refractivity contribution is -0.117. The Hall–Kier alpha value is -2.04. The predicted molar refractivity (Wildman–Crippen MR) is 69.1 cm³/mol. The maximum absolute atomic E-state index is 11.8. The molecule has 0 bridgehead atoms. The van der Waals surface area contributed by atoms with Gasteiger partial charge < -0.3 is 15.3 Å². The molecule has 1 aliphatic rings. The average Bonchev–Trinajstić information content (AvgIpc) is 2.29. The first-order chi connectivity index (χ1) is 8.41. The van der Waals surface area contributed by atoms with E-state index in [0.29, 0.717) is 5.69 Å². The van der Waals surface area contributed by atoms with Crippen molar-refractivity contribution in [3.05, 3.63) is 23.8 Å². The molecule has 0 fully saturated rings. The van der Waals surface area contributed by atoms with Gasteiger partial charge in [0, 0.05) is 6.04 Å². The van der Waals surface area contributed by atoms with Crippen LogP contribution in [0.1, 0.15) is 31.1 Å². The van der Waals surface area contributed by atoms with Gasteiger partial charge in [0.1, 0.15) is 6.04 Å². The molecule has 0 spiro atoms. The van der Waals surface area contributed by atoms with Gasteiger partial charge in [-0.05, 0) is 39.0 Å². The van der Waals surface area contributed by atoms with Crippen LogP contribution in [0, 0.1) is 0 Å². The van der Waals surface area contributed by atoms with Crippen molar-refractivity contribution >= 4 is 23.3 Å². The molecule has 0 aromatic heterocycles. The summed E-state index contributed by atoms with van der Waals surface area (Å²) in [5, 5.41) is 11.8. The molecule has 0 radical (unpaired) electrons. The lowest BCUT2D eigenvalue weighted by atomic mass is 10.0. The number of carboxylic acids is 1. The number of hydrogen-bond donors (Lipinski definition) is 2. The standard InChI is InChI=1S/C13H16N2O3/c1-7(2)15-8(3)12(16)14-10-5-4-9(13(17)18)6-11(10)15/h4-8H,1-3H3,(H,14,16)(H,17,18). The average molecular weight is 248 g/mol. The second-order valence-corrected chi connectivity index (χ2v) is 4.70. The highest BCUT2D eigenvalue weighted by atomic mass is 16.4. The third kappa shape index (κ3) is 1.92. The van der Waals surface area contributed by atoms with Crippen LogP contribution in [0.25, 0.3) is 0 Å². The fourth-order valence-corrected chi connectivity index (χ4v) is 2.28. The summed E-state index contributed by atoms with van der Waals surface area (Å²) in [5.41, 5.74) is 1.65. The third-order valence-electron chi connectivity index (χ3n) is 3.13. The van der Waals surface area contributed by atoms with Gasteiger partial charge >= 0.3 is 5.97 Å². The predicted octanol–water partition coefficient (Wildman–Crippen LogP) is 1.94. The van der Waals surface area contributed by atoms with Gasteiger partial charge in [0.15, 0.2) is 0 Å². The van der Waals surface area contributed by atoms with Gasteiger partial charge in [-0.25, -0.2) is 4.79 Å². The van der Waals surface area contributed by atoms with E-state index in [-0.39, 0.29) is 23.6 Å². The van der Waals surface area contributed by atoms with Crippen LogP contribution < -0.4 is 10.2 Å². The van der Waals surface area contributed by atoms with E-state index in [2.05, 4.69) is 5.32 Å². The summed E-state index contributed by atoms with van der Waals surface area (Å²) in [6, 6.07) is 4.55. The summed E-state index contributed by atoms with van der Waals surface area (Å²) >= 11 is 0. The van der Waals surface area contributed by atoms with E-state index in [0.717, 1.165) is 5.69 Å². The Labute approximate surface area is 105 Å². The van der Waals surface area contributed by atoms with Gasteiger partial charge in [0.05, 0.1) is 16.9 Å². The Morgan fingerprint density at radius 1 is 1.44 bits per heavy atom. The van der Waals surface area contributed by atoms with Crippen molar-refractivity contribution in [2.75, 3.05) is 10.2 Å². The number of hydrogen-bond acceptors (Lipinski definition) is 3. The fourth-order valence-electron chi connectivity index (χ4n) is 2.28. The normalized spacial score (nSPS) is 18.6. The summed E-state index contributed by atoms with van der Waals surface area (Å²) < 4.78 is 0. The molecule has 1 amide bonds. The molecule has 0 saturated heterocycles. The van der Waals surface area contributed by atoms with Crippen LogP contribution in [0.2, 0.25) is 0 Å². The molecule has 1 aromatic rings. The molecule has 1 heterocycles. The monoisotopic (exact) mass is 248 g/mol. The molecule has 2 N–H and O–H groups in total. The minimum atomic E-state index is -0.967. The molecule has 96 valence electrons. The molecule has 1 atom stereocenters. The number of fused-ring (bicyclic) bond motifs is 1. The lowest BCUT2D eigenvalue weighted by Crippen LogP contribution is -2.49. The van der Waals surface area contributed by atoms with E-state index in [1.54, 1.807) is 12.1 Å². The van der Waals surface area contributed by atoms with E-state index in [1.807, 2.05) is 25.7 Å². The first-order valence-corrected chi connectivity index (χ1v) is 5.88. The van der Waals surface area contributed by atoms with E-state index < -0.39 is 5.97 Å². The van der Waals surface area contributed by atoms with Gasteiger partial charge in [0.2, 0.25) is 5.91 Å². The topological polar surface area (TPSA) is 69.6 Å². The Morgan fingerprint density at radius 2 is 2.11 bits per heavy atom. The maximum Gasteiger partial charge on any atom is 0.335 e. The highest BCUT2D eigenvalue weighted by molar-refractivity contribution is 6.04. The van der Waals surface area contributed by atoms with E-state index in [9.17, 15) is 9.59 Å². The summed E-state index contributed by atoms with van der Waals surface area (Å²) in [7, 11) is 0. The van der Waals surface area contributed by atoms with Crippen LogP contribution in [0.15, 0.2) is 18.2 Å². The number of carbonyl (C=O) groups is 2. The van der Waals surface area contributed by atoms with Crippen LogP contribution in [0.4, 0.5) is 11.4 Å². The zero-order valence-corrected chi connectivity index (χ0v) is 10.6. The van der Waals surface area contributed by atoms with Gasteiger partial charge in [-0.2, -0.15) is 0 Å². The summed E-state index contributed by atoms with van der Waals surface area (Å²) in [6.45, 7) is 5.77. The molecule has 0 saturated carbocycles. The Morgan fingerprint density at radius 3 is 2.67 bits per heavy atom. The molecular weight excluding hydrogens is 232 g/mol. The summed E-state index contributed by atoms with van der Waals surface area (Å²) in [5.74, 6) is -1.04. The highest BCUT2D eigenvalue weighted by Gasteiger charge is 2.31. The SMILES string of the molecule is CC(C)N1c2cc(C(=O)O)ccc2NC(=O)C1C. The van der Waals surface area contributed by atoms with Crippen molar-refractivity contribution in [1.29, 1.82) is 0 Å². The number of amides is 1. The molecule has 1 aromatic carbocycles. The number of nitrogens with one attached hydrogen (secondary N) is 1. The van der Waals surface area contributed by atoms with E-state index >= 15 is 0 Å². The largest absolute Gasteiger partial charge is 0.478 e. The van der Waals surface area contributed by atoms with Crippen LogP contribution in [-0.2, 0) is 4.79 Å². The highest BCUT2D eigenvalue weighted by Crippen LogP contribution is 2.34. The molecule has 1 aliphatic heterocycles. The number of benzene rings is 1. The van der Waals surface area contributed by atoms with Gasteiger partial charge in [-0.15, -0.1) is 0 Å².